The smallest absolute Gasteiger partial charge is 0.178 e. The van der Waals surface area contributed by atoms with Crippen LogP contribution < -0.4 is 5.32 Å². The summed E-state index contributed by atoms with van der Waals surface area (Å²) in [6.07, 6.45) is 2.17. The van der Waals surface area contributed by atoms with E-state index in [1.165, 1.54) is 5.56 Å². The number of anilines is 1. The summed E-state index contributed by atoms with van der Waals surface area (Å²) < 4.78 is 2.89. The first-order valence-corrected chi connectivity index (χ1v) is 8.62. The molecule has 0 fully saturated rings. The quantitative estimate of drug-likeness (QED) is 0.712. The first-order chi connectivity index (χ1) is 11.2. The predicted molar refractivity (Wildman–Crippen MR) is 95.6 cm³/mol. The van der Waals surface area contributed by atoms with Crippen molar-refractivity contribution in [3.05, 3.63) is 52.3 Å². The van der Waals surface area contributed by atoms with Gasteiger partial charge in [-0.3, -0.25) is 0 Å². The molecule has 0 aliphatic heterocycles. The van der Waals surface area contributed by atoms with Crippen LogP contribution in [0.4, 0.5) is 5.82 Å². The van der Waals surface area contributed by atoms with Gasteiger partial charge in [0.15, 0.2) is 11.5 Å². The largest absolute Gasteiger partial charge is 0.368 e. The van der Waals surface area contributed by atoms with Gasteiger partial charge in [-0.15, -0.1) is 15.3 Å². The molecule has 0 radical (unpaired) electrons. The molecule has 0 aliphatic rings. The lowest BCUT2D eigenvalue weighted by molar-refractivity contribution is 0.532. The number of aryl methyl sites for hydroxylation is 1. The third-order valence-electron chi connectivity index (χ3n) is 3.98. The van der Waals surface area contributed by atoms with E-state index in [1.807, 2.05) is 19.1 Å². The monoisotopic (exact) mass is 373 g/mol. The van der Waals surface area contributed by atoms with Crippen LogP contribution in [0.25, 0.3) is 5.65 Å². The summed E-state index contributed by atoms with van der Waals surface area (Å²) >= 11 is 3.54. The number of rotatable bonds is 6. The summed E-state index contributed by atoms with van der Waals surface area (Å²) in [5.41, 5.74) is 2.13. The van der Waals surface area contributed by atoms with E-state index in [1.54, 1.807) is 4.52 Å². The summed E-state index contributed by atoms with van der Waals surface area (Å²) in [5, 5.41) is 16.1. The summed E-state index contributed by atoms with van der Waals surface area (Å²) in [5.74, 6) is 2.21. The van der Waals surface area contributed by atoms with Crippen LogP contribution in [0.5, 0.6) is 0 Å². The van der Waals surface area contributed by atoms with Crippen LogP contribution in [0, 0.1) is 12.8 Å². The van der Waals surface area contributed by atoms with Crippen LogP contribution in [0.3, 0.4) is 0 Å². The van der Waals surface area contributed by atoms with Crippen molar-refractivity contribution in [2.45, 2.75) is 26.7 Å². The molecule has 0 spiro atoms. The molecule has 1 aromatic carbocycles. The highest BCUT2D eigenvalue weighted by molar-refractivity contribution is 9.10. The van der Waals surface area contributed by atoms with Crippen molar-refractivity contribution in [3.63, 3.8) is 0 Å². The van der Waals surface area contributed by atoms with Crippen LogP contribution >= 0.6 is 15.9 Å². The van der Waals surface area contributed by atoms with E-state index in [2.05, 4.69) is 67.7 Å². The standard InChI is InChI=1S/C17H20BrN5/c1-3-13(9-14-5-4-6-15(18)10-14)11-19-16-7-8-17-21-20-12(2)23(17)22-16/h4-8,10,13H,3,9,11H2,1-2H3,(H,19,22). The Morgan fingerprint density at radius 3 is 2.87 bits per heavy atom. The summed E-state index contributed by atoms with van der Waals surface area (Å²) in [6.45, 7) is 5.02. The maximum atomic E-state index is 4.54. The van der Waals surface area contributed by atoms with E-state index < -0.39 is 0 Å². The topological polar surface area (TPSA) is 55.1 Å². The highest BCUT2D eigenvalue weighted by Gasteiger charge is 2.09. The lowest BCUT2D eigenvalue weighted by Gasteiger charge is -2.16. The molecule has 0 aliphatic carbocycles. The second-order valence-corrected chi connectivity index (χ2v) is 6.64. The number of nitrogens with one attached hydrogen (secondary N) is 1. The van der Waals surface area contributed by atoms with Crippen LogP contribution in [0.15, 0.2) is 40.9 Å². The number of benzene rings is 1. The predicted octanol–water partition coefficient (Wildman–Crippen LogP) is 3.88. The Labute approximate surface area is 144 Å². The molecule has 2 heterocycles. The number of fused-ring (bicyclic) bond motifs is 1. The van der Waals surface area contributed by atoms with Gasteiger partial charge in [-0.05, 0) is 49.1 Å². The molecule has 6 heteroatoms. The van der Waals surface area contributed by atoms with Gasteiger partial charge in [0.05, 0.1) is 0 Å². The SMILES string of the molecule is CCC(CNc1ccc2nnc(C)n2n1)Cc1cccc(Br)c1. The number of halogens is 1. The van der Waals surface area contributed by atoms with E-state index in [4.69, 9.17) is 0 Å². The van der Waals surface area contributed by atoms with Crippen molar-refractivity contribution < 1.29 is 0 Å². The molecule has 120 valence electrons. The lowest BCUT2D eigenvalue weighted by atomic mass is 9.97. The molecule has 1 unspecified atom stereocenters. The molecule has 1 N–H and O–H groups in total. The van der Waals surface area contributed by atoms with Crippen molar-refractivity contribution in [2.24, 2.45) is 5.92 Å². The van der Waals surface area contributed by atoms with Crippen LogP contribution in [0.2, 0.25) is 0 Å². The van der Waals surface area contributed by atoms with E-state index in [0.717, 1.165) is 41.1 Å². The van der Waals surface area contributed by atoms with Gasteiger partial charge >= 0.3 is 0 Å². The molecule has 2 aromatic heterocycles. The highest BCUT2D eigenvalue weighted by atomic mass is 79.9. The molecule has 3 rings (SSSR count). The zero-order valence-corrected chi connectivity index (χ0v) is 14.9. The fourth-order valence-electron chi connectivity index (χ4n) is 2.60. The van der Waals surface area contributed by atoms with E-state index in [-0.39, 0.29) is 0 Å². The fourth-order valence-corrected chi connectivity index (χ4v) is 3.04. The molecule has 1 atom stereocenters. The van der Waals surface area contributed by atoms with Gasteiger partial charge in [0.25, 0.3) is 0 Å². The zero-order chi connectivity index (χ0) is 16.2. The number of aromatic nitrogens is 4. The first kappa shape index (κ1) is 15.9. The highest BCUT2D eigenvalue weighted by Crippen LogP contribution is 2.17. The van der Waals surface area contributed by atoms with Gasteiger partial charge in [-0.1, -0.05) is 41.4 Å². The third kappa shape index (κ3) is 3.88. The van der Waals surface area contributed by atoms with E-state index in [9.17, 15) is 0 Å². The minimum atomic E-state index is 0.559. The Morgan fingerprint density at radius 2 is 2.09 bits per heavy atom. The Morgan fingerprint density at radius 1 is 1.22 bits per heavy atom. The molecule has 3 aromatic rings. The average Bonchev–Trinajstić information content (AvgIpc) is 2.92. The number of hydrogen-bond acceptors (Lipinski definition) is 4. The number of hydrogen-bond donors (Lipinski definition) is 1. The van der Waals surface area contributed by atoms with Gasteiger partial charge < -0.3 is 5.32 Å². The van der Waals surface area contributed by atoms with Crippen LogP contribution in [-0.4, -0.2) is 26.4 Å². The van der Waals surface area contributed by atoms with Crippen molar-refractivity contribution in [3.8, 4) is 0 Å². The van der Waals surface area contributed by atoms with E-state index in [0.29, 0.717) is 5.92 Å². The van der Waals surface area contributed by atoms with Crippen LogP contribution in [-0.2, 0) is 6.42 Å². The molecule has 23 heavy (non-hydrogen) atoms. The van der Waals surface area contributed by atoms with Gasteiger partial charge in [-0.25, -0.2) is 0 Å². The fraction of sp³-hybridized carbons (Fsp3) is 0.353. The molecular weight excluding hydrogens is 354 g/mol. The first-order valence-electron chi connectivity index (χ1n) is 7.83. The zero-order valence-electron chi connectivity index (χ0n) is 13.3. The molecule has 0 bridgehead atoms. The molecule has 0 amide bonds. The maximum Gasteiger partial charge on any atom is 0.178 e. The van der Waals surface area contributed by atoms with Crippen molar-refractivity contribution in [1.29, 1.82) is 0 Å². The lowest BCUT2D eigenvalue weighted by Crippen LogP contribution is -2.17. The Bertz CT molecular complexity index is 799. The second kappa shape index (κ2) is 7.08. The second-order valence-electron chi connectivity index (χ2n) is 5.73. The van der Waals surface area contributed by atoms with E-state index >= 15 is 0 Å². The molecule has 0 saturated heterocycles. The minimum absolute atomic E-state index is 0.559. The third-order valence-corrected chi connectivity index (χ3v) is 4.47. The van der Waals surface area contributed by atoms with Gasteiger partial charge in [-0.2, -0.15) is 4.52 Å². The van der Waals surface area contributed by atoms with Crippen molar-refractivity contribution in [1.82, 2.24) is 19.8 Å². The molecule has 0 saturated carbocycles. The van der Waals surface area contributed by atoms with Crippen molar-refractivity contribution in [2.75, 3.05) is 11.9 Å². The Hall–Kier alpha value is -1.95. The molecular formula is C17H20BrN5. The average molecular weight is 374 g/mol. The normalized spacial score (nSPS) is 12.5. The van der Waals surface area contributed by atoms with Crippen LogP contribution in [0.1, 0.15) is 24.7 Å². The van der Waals surface area contributed by atoms with Gasteiger partial charge in [0.2, 0.25) is 0 Å². The minimum Gasteiger partial charge on any atom is -0.368 e. The summed E-state index contributed by atoms with van der Waals surface area (Å²) in [6, 6.07) is 12.4. The van der Waals surface area contributed by atoms with Gasteiger partial charge in [0, 0.05) is 11.0 Å². The maximum absolute atomic E-state index is 4.54. The Balaban J connectivity index is 1.65. The number of nitrogens with zero attached hydrogens (tertiary/aromatic N) is 4. The van der Waals surface area contributed by atoms with Gasteiger partial charge in [0.1, 0.15) is 5.82 Å². The molecule has 5 nitrogen and oxygen atoms in total. The Kier molecular flexibility index (Phi) is 4.91. The van der Waals surface area contributed by atoms with Crippen molar-refractivity contribution >= 4 is 27.4 Å². The summed E-state index contributed by atoms with van der Waals surface area (Å²) in [7, 11) is 0. The summed E-state index contributed by atoms with van der Waals surface area (Å²) in [4.78, 5) is 0.